The monoisotopic (exact) mass is 524 g/mol. The van der Waals surface area contributed by atoms with E-state index in [2.05, 4.69) is 10.6 Å². The number of carbonyl (C=O) groups excluding carboxylic acids is 1. The third-order valence-corrected chi connectivity index (χ3v) is 5.12. The zero-order valence-corrected chi connectivity index (χ0v) is 19.3. The predicted molar refractivity (Wildman–Crippen MR) is 114 cm³/mol. The van der Waals surface area contributed by atoms with Crippen LogP contribution in [-0.2, 0) is 22.4 Å². The van der Waals surface area contributed by atoms with Gasteiger partial charge in [-0.1, -0.05) is 23.2 Å². The number of carbonyl (C=O) groups is 1. The van der Waals surface area contributed by atoms with Crippen molar-refractivity contribution in [1.29, 1.82) is 0 Å². The van der Waals surface area contributed by atoms with Gasteiger partial charge in [-0.3, -0.25) is 14.2 Å². The van der Waals surface area contributed by atoms with E-state index < -0.39 is 29.1 Å². The maximum absolute atomic E-state index is 13.3. The van der Waals surface area contributed by atoms with Crippen molar-refractivity contribution in [1.82, 2.24) is 25.0 Å². The first-order valence-electron chi connectivity index (χ1n) is 9.46. The molecule has 0 saturated heterocycles. The summed E-state index contributed by atoms with van der Waals surface area (Å²) in [7, 11) is 1.51. The Hall–Kier alpha value is -3.23. The van der Waals surface area contributed by atoms with Gasteiger partial charge in [0.25, 0.3) is 5.56 Å². The Morgan fingerprint density at radius 3 is 2.44 bits per heavy atom. The van der Waals surface area contributed by atoms with Gasteiger partial charge in [0.15, 0.2) is 5.84 Å². The van der Waals surface area contributed by atoms with Crippen molar-refractivity contribution < 1.29 is 27.5 Å². The van der Waals surface area contributed by atoms with Gasteiger partial charge >= 0.3 is 17.8 Å². The highest BCUT2D eigenvalue weighted by Crippen LogP contribution is 2.33. The van der Waals surface area contributed by atoms with Crippen LogP contribution >= 0.6 is 23.2 Å². The molecule has 1 aromatic heterocycles. The number of nitrogens with zero attached hydrogens (tertiary/aromatic N) is 5. The van der Waals surface area contributed by atoms with E-state index in [0.717, 1.165) is 11.3 Å². The standard InChI is InChI=1S/C18H17Cl2F3N6O5/c1-4-27-14(18(21,22)23)7-16(31)28(17(27)32)12-6-13(11(20)5-10(12)19)33-8-15-24-25-29(26(15)3)34-9(2)30/h5-7,25H,4,8H2,1-3H3. The second-order valence-electron chi connectivity index (χ2n) is 6.76. The lowest BCUT2D eigenvalue weighted by molar-refractivity contribution is -0.256. The Morgan fingerprint density at radius 2 is 1.85 bits per heavy atom. The molecule has 2 aromatic rings. The number of halogens is 5. The number of alkyl halides is 3. The Labute approximate surface area is 199 Å². The minimum atomic E-state index is -4.91. The predicted octanol–water partition coefficient (Wildman–Crippen LogP) is 2.18. The number of ether oxygens (including phenoxy) is 1. The molecule has 1 N–H and O–H groups in total. The molecule has 0 aliphatic carbocycles. The zero-order valence-electron chi connectivity index (χ0n) is 17.8. The Bertz CT molecular complexity index is 1280. The number of nitrogens with one attached hydrogen (secondary N) is 1. The molecule has 16 heteroatoms. The van der Waals surface area contributed by atoms with Crippen LogP contribution in [0.3, 0.4) is 0 Å². The summed E-state index contributed by atoms with van der Waals surface area (Å²) < 4.78 is 46.3. The van der Waals surface area contributed by atoms with Crippen molar-refractivity contribution in [2.24, 2.45) is 5.10 Å². The third-order valence-electron chi connectivity index (χ3n) is 4.52. The van der Waals surface area contributed by atoms with Crippen LogP contribution in [0.2, 0.25) is 10.0 Å². The van der Waals surface area contributed by atoms with Gasteiger partial charge in [0.2, 0.25) is 0 Å². The summed E-state index contributed by atoms with van der Waals surface area (Å²) in [6.45, 7) is 1.95. The van der Waals surface area contributed by atoms with E-state index in [1.807, 2.05) is 0 Å². The minimum Gasteiger partial charge on any atom is -0.484 e. The average molecular weight is 525 g/mol. The number of hydrazone groups is 1. The number of hydrogen-bond donors (Lipinski definition) is 1. The molecule has 1 aliphatic rings. The van der Waals surface area contributed by atoms with Crippen LogP contribution < -0.4 is 21.5 Å². The topological polar surface area (TPSA) is 110 Å². The van der Waals surface area contributed by atoms with Gasteiger partial charge in [-0.2, -0.15) is 18.7 Å². The van der Waals surface area contributed by atoms with Crippen LogP contribution in [0.15, 0.2) is 32.9 Å². The molecule has 34 heavy (non-hydrogen) atoms. The molecule has 3 rings (SSSR count). The molecule has 184 valence electrons. The maximum Gasteiger partial charge on any atom is 0.431 e. The molecule has 2 heterocycles. The fourth-order valence-electron chi connectivity index (χ4n) is 2.96. The van der Waals surface area contributed by atoms with Crippen molar-refractivity contribution in [2.75, 3.05) is 13.7 Å². The molecule has 0 unspecified atom stereocenters. The highest BCUT2D eigenvalue weighted by molar-refractivity contribution is 6.36. The number of aromatic nitrogens is 2. The summed E-state index contributed by atoms with van der Waals surface area (Å²) in [5, 5.41) is 5.98. The molecular weight excluding hydrogens is 508 g/mol. The van der Waals surface area contributed by atoms with Gasteiger partial charge in [-0.05, 0) is 13.0 Å². The molecule has 0 radical (unpaired) electrons. The fourth-order valence-corrected chi connectivity index (χ4v) is 3.48. The molecule has 0 saturated carbocycles. The molecular formula is C18H17Cl2F3N6O5. The quantitative estimate of drug-likeness (QED) is 0.612. The SMILES string of the molecule is CCn1c(C(F)(F)F)cc(=O)n(-c2cc(OCC3=NNN(OC(C)=O)N3C)c(Cl)cc2Cl)c1=O. The normalized spacial score (nSPS) is 14.1. The van der Waals surface area contributed by atoms with Crippen molar-refractivity contribution in [3.8, 4) is 11.4 Å². The van der Waals surface area contributed by atoms with E-state index in [4.69, 9.17) is 32.8 Å². The van der Waals surface area contributed by atoms with Gasteiger partial charge in [0.1, 0.15) is 18.1 Å². The third kappa shape index (κ3) is 4.98. The summed E-state index contributed by atoms with van der Waals surface area (Å²) in [4.78, 5) is 41.2. The van der Waals surface area contributed by atoms with Crippen LogP contribution in [0.5, 0.6) is 5.75 Å². The molecule has 0 amide bonds. The second kappa shape index (κ2) is 9.56. The molecule has 0 spiro atoms. The summed E-state index contributed by atoms with van der Waals surface area (Å²) >= 11 is 12.3. The van der Waals surface area contributed by atoms with Gasteiger partial charge in [0.05, 0.1) is 21.0 Å². The Balaban J connectivity index is 1.97. The molecule has 1 aromatic carbocycles. The summed E-state index contributed by atoms with van der Waals surface area (Å²) in [5.74, 6) is -0.409. The van der Waals surface area contributed by atoms with Crippen LogP contribution in [0.4, 0.5) is 13.2 Å². The average Bonchev–Trinajstić information content (AvgIpc) is 3.06. The Kier molecular flexibility index (Phi) is 7.14. The highest BCUT2D eigenvalue weighted by Gasteiger charge is 2.36. The largest absolute Gasteiger partial charge is 0.484 e. The molecule has 0 fully saturated rings. The van der Waals surface area contributed by atoms with E-state index in [1.54, 1.807) is 0 Å². The second-order valence-corrected chi connectivity index (χ2v) is 7.57. The van der Waals surface area contributed by atoms with Gasteiger partial charge < -0.3 is 9.57 Å². The van der Waals surface area contributed by atoms with Crippen LogP contribution in [0, 0.1) is 0 Å². The molecule has 11 nitrogen and oxygen atoms in total. The molecule has 0 atom stereocenters. The summed E-state index contributed by atoms with van der Waals surface area (Å²) in [5.41, 5.74) is -1.66. The highest BCUT2D eigenvalue weighted by atomic mass is 35.5. The zero-order chi connectivity index (χ0) is 25.4. The summed E-state index contributed by atoms with van der Waals surface area (Å²) in [6, 6.07) is 2.64. The van der Waals surface area contributed by atoms with Gasteiger partial charge in [0, 0.05) is 32.6 Å². The minimum absolute atomic E-state index is 0.00409. The first-order valence-corrected chi connectivity index (χ1v) is 10.2. The first kappa shape index (κ1) is 25.4. The van der Waals surface area contributed by atoms with Crippen molar-refractivity contribution in [3.05, 3.63) is 54.8 Å². The van der Waals surface area contributed by atoms with Crippen LogP contribution in [0.1, 0.15) is 19.5 Å². The number of hydrogen-bond acceptors (Lipinski definition) is 9. The van der Waals surface area contributed by atoms with Crippen molar-refractivity contribution >= 4 is 35.0 Å². The molecule has 0 bridgehead atoms. The molecule has 1 aliphatic heterocycles. The number of likely N-dealkylation sites (N-methyl/N-ethyl adjacent to an activating group) is 1. The lowest BCUT2D eigenvalue weighted by atomic mass is 10.2. The van der Waals surface area contributed by atoms with E-state index >= 15 is 0 Å². The lowest BCUT2D eigenvalue weighted by Gasteiger charge is -2.22. The number of hydrazine groups is 2. The van der Waals surface area contributed by atoms with Crippen molar-refractivity contribution in [2.45, 2.75) is 26.6 Å². The van der Waals surface area contributed by atoms with E-state index in [0.29, 0.717) is 15.2 Å². The van der Waals surface area contributed by atoms with E-state index in [-0.39, 0.29) is 40.5 Å². The fraction of sp³-hybridized carbons (Fsp3) is 0.333. The number of amidine groups is 1. The van der Waals surface area contributed by atoms with Crippen LogP contribution in [-0.4, -0.2) is 44.9 Å². The lowest BCUT2D eigenvalue weighted by Crippen LogP contribution is -2.45. The van der Waals surface area contributed by atoms with Gasteiger partial charge in [-0.15, -0.1) is 5.10 Å². The van der Waals surface area contributed by atoms with Crippen molar-refractivity contribution in [3.63, 3.8) is 0 Å². The first-order chi connectivity index (χ1) is 15.8. The van der Waals surface area contributed by atoms with Crippen LogP contribution in [0.25, 0.3) is 5.69 Å². The maximum atomic E-state index is 13.3. The van der Waals surface area contributed by atoms with Gasteiger partial charge in [-0.25, -0.2) is 14.4 Å². The smallest absolute Gasteiger partial charge is 0.431 e. The number of rotatable bonds is 6. The summed E-state index contributed by atoms with van der Waals surface area (Å²) in [6.07, 6.45) is -4.91. The number of benzene rings is 1. The Morgan fingerprint density at radius 1 is 1.18 bits per heavy atom. The van der Waals surface area contributed by atoms with E-state index in [9.17, 15) is 27.6 Å². The van der Waals surface area contributed by atoms with E-state index in [1.165, 1.54) is 32.0 Å².